The van der Waals surface area contributed by atoms with E-state index < -0.39 is 11.9 Å². The van der Waals surface area contributed by atoms with E-state index in [1.54, 1.807) is 6.92 Å². The Morgan fingerprint density at radius 1 is 1.47 bits per heavy atom. The summed E-state index contributed by atoms with van der Waals surface area (Å²) in [5.74, 6) is -1.20. The Bertz CT molecular complexity index is 412. The smallest absolute Gasteiger partial charge is 0.306 e. The number of aliphatic carboxylic acids is 1. The average Bonchev–Trinajstić information content (AvgIpc) is 2.31. The van der Waals surface area contributed by atoms with E-state index in [-0.39, 0.29) is 0 Å². The fourth-order valence-electron chi connectivity index (χ4n) is 1.32. The molecule has 0 spiro atoms. The highest BCUT2D eigenvalue weighted by Gasteiger charge is 2.10. The largest absolute Gasteiger partial charge is 0.481 e. The van der Waals surface area contributed by atoms with Gasteiger partial charge in [0.2, 0.25) is 6.41 Å². The first-order chi connectivity index (χ1) is 8.13. The molecule has 17 heavy (non-hydrogen) atoms. The lowest BCUT2D eigenvalue weighted by Gasteiger charge is -2.05. The number of nitrogens with one attached hydrogen (secondary N) is 1. The number of carboxylic acid groups (broad SMARTS) is 1. The van der Waals surface area contributed by atoms with E-state index in [9.17, 15) is 9.59 Å². The molecular weight excluding hydrogens is 220 g/mol. The second kappa shape index (κ2) is 6.42. The van der Waals surface area contributed by atoms with Crippen molar-refractivity contribution in [3.8, 4) is 0 Å². The minimum Gasteiger partial charge on any atom is -0.481 e. The molecule has 1 aromatic rings. The van der Waals surface area contributed by atoms with Crippen molar-refractivity contribution in [2.24, 2.45) is 11.0 Å². The van der Waals surface area contributed by atoms with Crippen LogP contribution in [0.2, 0.25) is 0 Å². The summed E-state index contributed by atoms with van der Waals surface area (Å²) in [5, 5.41) is 12.4. The van der Waals surface area contributed by atoms with Gasteiger partial charge in [0, 0.05) is 0 Å². The summed E-state index contributed by atoms with van der Waals surface area (Å²) in [7, 11) is 0. The molecule has 2 N–H and O–H groups in total. The molecule has 0 heterocycles. The molecule has 0 radical (unpaired) electrons. The van der Waals surface area contributed by atoms with Gasteiger partial charge in [0.25, 0.3) is 0 Å². The number of nitrogens with zero attached hydrogens (tertiary/aromatic N) is 1. The molecule has 90 valence electrons. The van der Waals surface area contributed by atoms with Crippen molar-refractivity contribution in [3.05, 3.63) is 35.4 Å². The molecule has 0 aliphatic heterocycles. The highest BCUT2D eigenvalue weighted by Crippen LogP contribution is 2.09. The summed E-state index contributed by atoms with van der Waals surface area (Å²) in [4.78, 5) is 20.6. The van der Waals surface area contributed by atoms with Gasteiger partial charge in [-0.1, -0.05) is 31.2 Å². The summed E-state index contributed by atoms with van der Waals surface area (Å²) in [6, 6.07) is 7.34. The van der Waals surface area contributed by atoms with Gasteiger partial charge < -0.3 is 5.11 Å². The van der Waals surface area contributed by atoms with Crippen molar-refractivity contribution >= 4 is 18.6 Å². The van der Waals surface area contributed by atoms with Crippen molar-refractivity contribution in [3.63, 3.8) is 0 Å². The zero-order valence-corrected chi connectivity index (χ0v) is 9.46. The fourth-order valence-corrected chi connectivity index (χ4v) is 1.32. The Balaban J connectivity index is 2.61. The van der Waals surface area contributed by atoms with Crippen LogP contribution < -0.4 is 5.43 Å². The minimum absolute atomic E-state index is 0.397. The van der Waals surface area contributed by atoms with Crippen LogP contribution in [0.4, 0.5) is 0 Å². The molecule has 0 aliphatic carbocycles. The topological polar surface area (TPSA) is 78.8 Å². The van der Waals surface area contributed by atoms with Crippen LogP contribution >= 0.6 is 0 Å². The highest BCUT2D eigenvalue weighted by atomic mass is 16.4. The third-order valence-corrected chi connectivity index (χ3v) is 2.28. The van der Waals surface area contributed by atoms with Crippen LogP contribution in [0.3, 0.4) is 0 Å². The number of rotatable bonds is 6. The molecule has 5 heteroatoms. The number of hydrogen-bond acceptors (Lipinski definition) is 3. The van der Waals surface area contributed by atoms with Crippen LogP contribution in [-0.2, 0) is 16.0 Å². The Hall–Kier alpha value is -2.17. The van der Waals surface area contributed by atoms with E-state index in [1.165, 1.54) is 6.21 Å². The van der Waals surface area contributed by atoms with Crippen LogP contribution in [0, 0.1) is 5.92 Å². The lowest BCUT2D eigenvalue weighted by molar-refractivity contribution is -0.141. The molecule has 0 aromatic heterocycles. The van der Waals surface area contributed by atoms with Crippen molar-refractivity contribution in [2.45, 2.75) is 13.3 Å². The monoisotopic (exact) mass is 234 g/mol. The Labute approximate surface area is 99.2 Å². The number of hydrogen-bond donors (Lipinski definition) is 2. The first kappa shape index (κ1) is 12.9. The molecule has 1 rings (SSSR count). The van der Waals surface area contributed by atoms with Gasteiger partial charge in [0.1, 0.15) is 0 Å². The fraction of sp³-hybridized carbons (Fsp3) is 0.250. The third kappa shape index (κ3) is 4.46. The zero-order valence-electron chi connectivity index (χ0n) is 9.46. The summed E-state index contributed by atoms with van der Waals surface area (Å²) in [6.07, 6.45) is 2.50. The third-order valence-electron chi connectivity index (χ3n) is 2.28. The van der Waals surface area contributed by atoms with Crippen molar-refractivity contribution in [1.82, 2.24) is 5.43 Å². The Kier molecular flexibility index (Phi) is 4.87. The molecular formula is C12H14N2O3. The molecule has 1 amide bonds. The Morgan fingerprint density at radius 2 is 2.12 bits per heavy atom. The van der Waals surface area contributed by atoms with Gasteiger partial charge in [-0.3, -0.25) is 9.59 Å². The van der Waals surface area contributed by atoms with Gasteiger partial charge in [-0.15, -0.1) is 0 Å². The molecule has 0 saturated carbocycles. The number of hydrazone groups is 1. The summed E-state index contributed by atoms with van der Waals surface area (Å²) < 4.78 is 0. The van der Waals surface area contributed by atoms with E-state index >= 15 is 0 Å². The molecule has 0 aliphatic rings. The van der Waals surface area contributed by atoms with E-state index in [0.29, 0.717) is 12.8 Å². The maximum atomic E-state index is 10.7. The van der Waals surface area contributed by atoms with Crippen LogP contribution in [0.25, 0.3) is 0 Å². The first-order valence-electron chi connectivity index (χ1n) is 5.17. The maximum Gasteiger partial charge on any atom is 0.306 e. The highest BCUT2D eigenvalue weighted by molar-refractivity contribution is 5.80. The molecule has 1 unspecified atom stereocenters. The predicted molar refractivity (Wildman–Crippen MR) is 63.7 cm³/mol. The summed E-state index contributed by atoms with van der Waals surface area (Å²) >= 11 is 0. The van der Waals surface area contributed by atoms with Gasteiger partial charge in [0.05, 0.1) is 12.1 Å². The molecule has 0 bridgehead atoms. The van der Waals surface area contributed by atoms with Crippen LogP contribution in [-0.4, -0.2) is 23.7 Å². The number of benzene rings is 1. The van der Waals surface area contributed by atoms with Gasteiger partial charge >= 0.3 is 5.97 Å². The number of carboxylic acids is 1. The quantitative estimate of drug-likeness (QED) is 0.438. The minimum atomic E-state index is -0.800. The van der Waals surface area contributed by atoms with E-state index in [2.05, 4.69) is 10.5 Å². The van der Waals surface area contributed by atoms with Crippen LogP contribution in [0.1, 0.15) is 18.1 Å². The van der Waals surface area contributed by atoms with E-state index in [0.717, 1.165) is 11.1 Å². The predicted octanol–water partition coefficient (Wildman–Crippen LogP) is 1.03. The van der Waals surface area contributed by atoms with Gasteiger partial charge in [-0.2, -0.15) is 5.10 Å². The van der Waals surface area contributed by atoms with Crippen LogP contribution in [0.15, 0.2) is 29.4 Å². The lowest BCUT2D eigenvalue weighted by Crippen LogP contribution is -2.12. The second-order valence-corrected chi connectivity index (χ2v) is 3.69. The average molecular weight is 234 g/mol. The molecule has 1 atom stereocenters. The number of carbonyl (C=O) groups is 2. The second-order valence-electron chi connectivity index (χ2n) is 3.69. The molecule has 0 saturated heterocycles. The van der Waals surface area contributed by atoms with E-state index in [1.807, 2.05) is 24.3 Å². The van der Waals surface area contributed by atoms with Crippen molar-refractivity contribution in [1.29, 1.82) is 0 Å². The van der Waals surface area contributed by atoms with Gasteiger partial charge in [-0.25, -0.2) is 5.43 Å². The molecule has 1 aromatic carbocycles. The SMILES string of the molecule is CC(Cc1ccc(/C=N/NC=O)cc1)C(=O)O. The zero-order chi connectivity index (χ0) is 12.7. The molecule has 5 nitrogen and oxygen atoms in total. The number of amides is 1. The van der Waals surface area contributed by atoms with Gasteiger partial charge in [0.15, 0.2) is 0 Å². The van der Waals surface area contributed by atoms with Gasteiger partial charge in [-0.05, 0) is 17.5 Å². The lowest BCUT2D eigenvalue weighted by atomic mass is 10.0. The van der Waals surface area contributed by atoms with Crippen molar-refractivity contribution < 1.29 is 14.7 Å². The first-order valence-corrected chi connectivity index (χ1v) is 5.17. The number of carbonyl (C=O) groups excluding carboxylic acids is 1. The molecule has 0 fully saturated rings. The van der Waals surface area contributed by atoms with E-state index in [4.69, 9.17) is 5.11 Å². The maximum absolute atomic E-state index is 10.7. The standard InChI is InChI=1S/C12H14N2O3/c1-9(12(16)17)6-10-2-4-11(5-3-10)7-13-14-8-15/h2-5,7-9H,6H2,1H3,(H,14,15)(H,16,17)/b13-7+. The van der Waals surface area contributed by atoms with Crippen LogP contribution in [0.5, 0.6) is 0 Å². The normalized spacial score (nSPS) is 12.3. The Morgan fingerprint density at radius 3 is 2.65 bits per heavy atom. The summed E-state index contributed by atoms with van der Waals surface area (Å²) in [6.45, 7) is 1.67. The van der Waals surface area contributed by atoms with Crippen molar-refractivity contribution in [2.75, 3.05) is 0 Å². The summed E-state index contributed by atoms with van der Waals surface area (Å²) in [5.41, 5.74) is 3.97.